The van der Waals surface area contributed by atoms with E-state index in [2.05, 4.69) is 5.32 Å². The lowest BCUT2D eigenvalue weighted by atomic mass is 10.1. The maximum atomic E-state index is 13.0. The van der Waals surface area contributed by atoms with Gasteiger partial charge in [-0.25, -0.2) is 8.42 Å². The Balaban J connectivity index is 1.61. The summed E-state index contributed by atoms with van der Waals surface area (Å²) in [7, 11) is -3.70. The highest BCUT2D eigenvalue weighted by atomic mass is 32.2. The topological polar surface area (TPSA) is 66.5 Å². The van der Waals surface area contributed by atoms with Crippen LogP contribution in [0.4, 0.5) is 5.69 Å². The summed E-state index contributed by atoms with van der Waals surface area (Å²) in [5, 5.41) is 4.89. The first-order valence-electron chi connectivity index (χ1n) is 8.93. The third-order valence-electron chi connectivity index (χ3n) is 4.90. The highest BCUT2D eigenvalue weighted by molar-refractivity contribution is 7.89. The van der Waals surface area contributed by atoms with Crippen LogP contribution in [0, 0.1) is 0 Å². The number of nitrogens with zero attached hydrogens (tertiary/aromatic N) is 1. The molecule has 0 aromatic heterocycles. The highest BCUT2D eigenvalue weighted by Crippen LogP contribution is 2.28. The maximum absolute atomic E-state index is 13.0. The van der Waals surface area contributed by atoms with E-state index in [1.165, 1.54) is 4.31 Å². The van der Waals surface area contributed by atoms with Gasteiger partial charge in [0, 0.05) is 17.6 Å². The van der Waals surface area contributed by atoms with Gasteiger partial charge in [0.15, 0.2) is 0 Å². The Labute approximate surface area is 158 Å². The largest absolute Gasteiger partial charge is 0.324 e. The van der Waals surface area contributed by atoms with Gasteiger partial charge in [0.2, 0.25) is 15.9 Å². The Kier molecular flexibility index (Phi) is 4.68. The molecule has 0 bridgehead atoms. The van der Waals surface area contributed by atoms with E-state index in [0.29, 0.717) is 25.1 Å². The molecule has 0 radical (unpaired) electrons. The van der Waals surface area contributed by atoms with Crippen LogP contribution in [0.1, 0.15) is 12.8 Å². The second kappa shape index (κ2) is 7.13. The molecular weight excluding hydrogens is 360 g/mol. The van der Waals surface area contributed by atoms with Crippen molar-refractivity contribution in [2.75, 3.05) is 11.9 Å². The second-order valence-electron chi connectivity index (χ2n) is 6.60. The highest BCUT2D eigenvalue weighted by Gasteiger charge is 2.39. The SMILES string of the molecule is O=C(Nc1cccc2ccccc12)[C@@H]1CCCN1S(=O)(=O)c1ccccc1. The van der Waals surface area contributed by atoms with Gasteiger partial charge in [-0.15, -0.1) is 0 Å². The zero-order valence-electron chi connectivity index (χ0n) is 14.7. The number of rotatable bonds is 4. The molecule has 4 rings (SSSR count). The molecule has 0 unspecified atom stereocenters. The minimum absolute atomic E-state index is 0.217. The number of nitrogens with one attached hydrogen (secondary N) is 1. The predicted octanol–water partition coefficient (Wildman–Crippen LogP) is 3.63. The van der Waals surface area contributed by atoms with Gasteiger partial charge >= 0.3 is 0 Å². The van der Waals surface area contributed by atoms with E-state index in [0.717, 1.165) is 10.8 Å². The molecule has 1 N–H and O–H groups in total. The second-order valence-corrected chi connectivity index (χ2v) is 8.49. The smallest absolute Gasteiger partial charge is 0.243 e. The Morgan fingerprint density at radius 3 is 2.44 bits per heavy atom. The molecule has 3 aromatic carbocycles. The summed E-state index contributed by atoms with van der Waals surface area (Å²) in [5.74, 6) is -0.289. The van der Waals surface area contributed by atoms with Crippen LogP contribution in [-0.2, 0) is 14.8 Å². The molecular formula is C21H20N2O3S. The predicted molar refractivity (Wildman–Crippen MR) is 106 cm³/mol. The van der Waals surface area contributed by atoms with Crippen molar-refractivity contribution >= 4 is 32.4 Å². The van der Waals surface area contributed by atoms with Crippen LogP contribution in [0.3, 0.4) is 0 Å². The Bertz CT molecular complexity index is 1080. The first kappa shape index (κ1) is 17.7. The van der Waals surface area contributed by atoms with Crippen LogP contribution < -0.4 is 5.32 Å². The Morgan fingerprint density at radius 1 is 0.926 bits per heavy atom. The molecule has 1 saturated heterocycles. The number of carbonyl (C=O) groups excluding carboxylic acids is 1. The molecule has 0 aliphatic carbocycles. The summed E-state index contributed by atoms with van der Waals surface area (Å²) in [4.78, 5) is 13.1. The minimum Gasteiger partial charge on any atom is -0.324 e. The number of fused-ring (bicyclic) bond motifs is 1. The summed E-state index contributed by atoms with van der Waals surface area (Å²) in [6.07, 6.45) is 1.18. The van der Waals surface area contributed by atoms with Crippen molar-refractivity contribution in [2.45, 2.75) is 23.8 Å². The van der Waals surface area contributed by atoms with Gasteiger partial charge in [-0.1, -0.05) is 54.6 Å². The molecule has 0 saturated carbocycles. The number of anilines is 1. The molecule has 1 fully saturated rings. The van der Waals surface area contributed by atoms with Gasteiger partial charge in [-0.05, 0) is 36.4 Å². The van der Waals surface area contributed by atoms with Gasteiger partial charge in [0.1, 0.15) is 6.04 Å². The van der Waals surface area contributed by atoms with E-state index in [4.69, 9.17) is 0 Å². The van der Waals surface area contributed by atoms with Crippen molar-refractivity contribution < 1.29 is 13.2 Å². The van der Waals surface area contributed by atoms with Gasteiger partial charge in [-0.2, -0.15) is 4.31 Å². The summed E-state index contributed by atoms with van der Waals surface area (Å²) in [6, 6.07) is 21.1. The lowest BCUT2D eigenvalue weighted by Gasteiger charge is -2.23. The lowest BCUT2D eigenvalue weighted by Crippen LogP contribution is -2.43. The van der Waals surface area contributed by atoms with Crippen LogP contribution in [0.25, 0.3) is 10.8 Å². The molecule has 3 aromatic rings. The van der Waals surface area contributed by atoms with Crippen molar-refractivity contribution in [1.82, 2.24) is 4.31 Å². The number of sulfonamides is 1. The first-order valence-corrected chi connectivity index (χ1v) is 10.4. The fraction of sp³-hybridized carbons (Fsp3) is 0.190. The molecule has 27 heavy (non-hydrogen) atoms. The molecule has 1 aliphatic rings. The van der Waals surface area contributed by atoms with Crippen LogP contribution >= 0.6 is 0 Å². The van der Waals surface area contributed by atoms with E-state index in [1.54, 1.807) is 30.3 Å². The summed E-state index contributed by atoms with van der Waals surface area (Å²) in [5.41, 5.74) is 0.696. The maximum Gasteiger partial charge on any atom is 0.243 e. The Morgan fingerprint density at radius 2 is 1.63 bits per heavy atom. The Hall–Kier alpha value is -2.70. The van der Waals surface area contributed by atoms with Gasteiger partial charge in [0.25, 0.3) is 0 Å². The fourth-order valence-electron chi connectivity index (χ4n) is 3.57. The van der Waals surface area contributed by atoms with Crippen LogP contribution in [0.15, 0.2) is 77.7 Å². The van der Waals surface area contributed by atoms with Gasteiger partial charge < -0.3 is 5.32 Å². The fourth-order valence-corrected chi connectivity index (χ4v) is 5.25. The van der Waals surface area contributed by atoms with Crippen LogP contribution in [-0.4, -0.2) is 31.2 Å². The molecule has 1 heterocycles. The molecule has 1 aliphatic heterocycles. The van der Waals surface area contributed by atoms with Crippen molar-refractivity contribution in [1.29, 1.82) is 0 Å². The average Bonchev–Trinajstić information content (AvgIpc) is 3.20. The third-order valence-corrected chi connectivity index (χ3v) is 6.83. The third kappa shape index (κ3) is 3.34. The van der Waals surface area contributed by atoms with E-state index in [9.17, 15) is 13.2 Å². The van der Waals surface area contributed by atoms with Crippen LogP contribution in [0.2, 0.25) is 0 Å². The quantitative estimate of drug-likeness (QED) is 0.752. The number of amides is 1. The zero-order chi connectivity index (χ0) is 18.9. The number of hydrogen-bond donors (Lipinski definition) is 1. The van der Waals surface area contributed by atoms with E-state index < -0.39 is 16.1 Å². The minimum atomic E-state index is -3.70. The molecule has 5 nitrogen and oxygen atoms in total. The van der Waals surface area contributed by atoms with Crippen molar-refractivity contribution in [2.24, 2.45) is 0 Å². The van der Waals surface area contributed by atoms with Gasteiger partial charge in [-0.3, -0.25) is 4.79 Å². The van der Waals surface area contributed by atoms with Crippen molar-refractivity contribution in [3.05, 3.63) is 72.8 Å². The summed E-state index contributed by atoms with van der Waals surface area (Å²) < 4.78 is 27.2. The molecule has 138 valence electrons. The number of carbonyl (C=O) groups is 1. The normalized spacial score (nSPS) is 17.9. The van der Waals surface area contributed by atoms with E-state index >= 15 is 0 Å². The molecule has 6 heteroatoms. The monoisotopic (exact) mass is 380 g/mol. The molecule has 1 atom stereocenters. The average molecular weight is 380 g/mol. The van der Waals surface area contributed by atoms with Crippen LogP contribution in [0.5, 0.6) is 0 Å². The lowest BCUT2D eigenvalue weighted by molar-refractivity contribution is -0.119. The number of hydrogen-bond acceptors (Lipinski definition) is 3. The summed E-state index contributed by atoms with van der Waals surface area (Å²) in [6.45, 7) is 0.352. The van der Waals surface area contributed by atoms with Gasteiger partial charge in [0.05, 0.1) is 4.90 Å². The van der Waals surface area contributed by atoms with Crippen molar-refractivity contribution in [3.8, 4) is 0 Å². The first-order chi connectivity index (χ1) is 13.1. The van der Waals surface area contributed by atoms with E-state index in [-0.39, 0.29) is 10.8 Å². The van der Waals surface area contributed by atoms with Crippen molar-refractivity contribution in [3.63, 3.8) is 0 Å². The standard InChI is InChI=1S/C21H20N2O3S/c24-21(22-19-13-6-9-16-8-4-5-12-18(16)19)20-14-7-15-23(20)27(25,26)17-10-2-1-3-11-17/h1-6,8-13,20H,7,14-15H2,(H,22,24)/t20-/m0/s1. The summed E-state index contributed by atoms with van der Waals surface area (Å²) >= 11 is 0. The molecule has 1 amide bonds. The number of benzene rings is 3. The zero-order valence-corrected chi connectivity index (χ0v) is 15.5. The molecule has 0 spiro atoms. The van der Waals surface area contributed by atoms with E-state index in [1.807, 2.05) is 42.5 Å².